The van der Waals surface area contributed by atoms with Crippen LogP contribution >= 0.6 is 0 Å². The van der Waals surface area contributed by atoms with Gasteiger partial charge in [0, 0.05) is 17.1 Å². The van der Waals surface area contributed by atoms with Gasteiger partial charge in [-0.15, -0.1) is 0 Å². The fourth-order valence-corrected chi connectivity index (χ4v) is 2.98. The second-order valence-electron chi connectivity index (χ2n) is 8.20. The Morgan fingerprint density at radius 1 is 1.23 bits per heavy atom. The Morgan fingerprint density at radius 3 is 2.35 bits per heavy atom. The SMILES string of the molecule is CC(CCC1(NC(=O)OC(C)(C)C)CCC1)C(=O)Nc1ccc(F)cc1. The van der Waals surface area contributed by atoms with Gasteiger partial charge < -0.3 is 15.4 Å². The highest BCUT2D eigenvalue weighted by molar-refractivity contribution is 5.92. The molecule has 0 aliphatic heterocycles. The molecule has 0 saturated heterocycles. The van der Waals surface area contributed by atoms with E-state index >= 15 is 0 Å². The van der Waals surface area contributed by atoms with Crippen LogP contribution in [0.4, 0.5) is 14.9 Å². The molecule has 1 unspecified atom stereocenters. The molecule has 0 radical (unpaired) electrons. The number of anilines is 1. The van der Waals surface area contributed by atoms with E-state index in [2.05, 4.69) is 10.6 Å². The van der Waals surface area contributed by atoms with Crippen LogP contribution in [-0.2, 0) is 9.53 Å². The summed E-state index contributed by atoms with van der Waals surface area (Å²) in [5.41, 5.74) is -0.224. The number of benzene rings is 1. The van der Waals surface area contributed by atoms with Gasteiger partial charge >= 0.3 is 6.09 Å². The quantitative estimate of drug-likeness (QED) is 0.773. The van der Waals surface area contributed by atoms with Crippen LogP contribution in [0, 0.1) is 11.7 Å². The van der Waals surface area contributed by atoms with Gasteiger partial charge in [0.15, 0.2) is 0 Å². The first-order chi connectivity index (χ1) is 12.1. The minimum Gasteiger partial charge on any atom is -0.444 e. The molecule has 0 bridgehead atoms. The minimum atomic E-state index is -0.530. The van der Waals surface area contributed by atoms with E-state index in [-0.39, 0.29) is 23.2 Å². The first-order valence-corrected chi connectivity index (χ1v) is 9.16. The number of halogens is 1. The third-order valence-electron chi connectivity index (χ3n) is 4.69. The Bertz CT molecular complexity index is 633. The number of hydrogen-bond donors (Lipinski definition) is 2. The molecule has 26 heavy (non-hydrogen) atoms. The van der Waals surface area contributed by atoms with Crippen molar-refractivity contribution in [1.82, 2.24) is 5.32 Å². The Balaban J connectivity index is 1.84. The molecule has 0 aromatic heterocycles. The van der Waals surface area contributed by atoms with E-state index in [0.717, 1.165) is 25.7 Å². The zero-order valence-corrected chi connectivity index (χ0v) is 16.0. The number of nitrogens with one attached hydrogen (secondary N) is 2. The molecule has 0 spiro atoms. The molecule has 1 atom stereocenters. The van der Waals surface area contributed by atoms with E-state index in [4.69, 9.17) is 4.74 Å². The summed E-state index contributed by atoms with van der Waals surface area (Å²) >= 11 is 0. The highest BCUT2D eigenvalue weighted by Gasteiger charge is 2.39. The Kier molecular flexibility index (Phi) is 6.26. The summed E-state index contributed by atoms with van der Waals surface area (Å²) in [4.78, 5) is 24.4. The van der Waals surface area contributed by atoms with Gasteiger partial charge in [-0.3, -0.25) is 4.79 Å². The van der Waals surface area contributed by atoms with Crippen molar-refractivity contribution >= 4 is 17.7 Å². The summed E-state index contributed by atoms with van der Waals surface area (Å²) in [6.07, 6.45) is 3.84. The standard InChI is InChI=1S/C20H29FN2O3/c1-14(17(24)22-16-8-6-15(21)7-9-16)10-13-20(11-5-12-20)23-18(25)26-19(2,3)4/h6-9,14H,5,10-13H2,1-4H3,(H,22,24)(H,23,25). The Morgan fingerprint density at radius 2 is 1.85 bits per heavy atom. The maximum Gasteiger partial charge on any atom is 0.408 e. The fraction of sp³-hybridized carbons (Fsp3) is 0.600. The van der Waals surface area contributed by atoms with E-state index in [1.54, 1.807) is 0 Å². The lowest BCUT2D eigenvalue weighted by atomic mass is 9.72. The van der Waals surface area contributed by atoms with Crippen molar-refractivity contribution in [2.75, 3.05) is 5.32 Å². The highest BCUT2D eigenvalue weighted by atomic mass is 19.1. The number of hydrogen-bond acceptors (Lipinski definition) is 3. The second kappa shape index (κ2) is 8.06. The summed E-state index contributed by atoms with van der Waals surface area (Å²) < 4.78 is 18.3. The molecule has 2 rings (SSSR count). The van der Waals surface area contributed by atoms with Crippen LogP contribution < -0.4 is 10.6 Å². The smallest absolute Gasteiger partial charge is 0.408 e. The van der Waals surface area contributed by atoms with Gasteiger partial charge in [0.05, 0.1) is 0 Å². The molecule has 144 valence electrons. The predicted octanol–water partition coefficient (Wildman–Crippen LogP) is 4.63. The van der Waals surface area contributed by atoms with Gasteiger partial charge in [0.1, 0.15) is 11.4 Å². The van der Waals surface area contributed by atoms with Crippen molar-refractivity contribution in [3.63, 3.8) is 0 Å². The van der Waals surface area contributed by atoms with Gasteiger partial charge in [-0.05, 0) is 77.1 Å². The van der Waals surface area contributed by atoms with Gasteiger partial charge in [-0.1, -0.05) is 6.92 Å². The molecule has 1 saturated carbocycles. The number of rotatable bonds is 6. The van der Waals surface area contributed by atoms with Crippen LogP contribution in [0.15, 0.2) is 24.3 Å². The van der Waals surface area contributed by atoms with Crippen molar-refractivity contribution < 1.29 is 18.7 Å². The number of carbonyl (C=O) groups is 2. The molecule has 0 heterocycles. The molecule has 1 fully saturated rings. The minimum absolute atomic E-state index is 0.108. The maximum absolute atomic E-state index is 12.9. The normalized spacial score (nSPS) is 17.0. The van der Waals surface area contributed by atoms with Gasteiger partial charge in [-0.25, -0.2) is 9.18 Å². The molecule has 1 aromatic carbocycles. The molecular weight excluding hydrogens is 335 g/mol. The fourth-order valence-electron chi connectivity index (χ4n) is 2.98. The molecule has 2 N–H and O–H groups in total. The van der Waals surface area contributed by atoms with E-state index in [0.29, 0.717) is 12.1 Å². The Hall–Kier alpha value is -2.11. The zero-order chi connectivity index (χ0) is 19.4. The molecule has 2 amide bonds. The summed E-state index contributed by atoms with van der Waals surface area (Å²) in [6, 6.07) is 5.71. The molecule has 1 aliphatic rings. The maximum atomic E-state index is 12.9. The van der Waals surface area contributed by atoms with Crippen LogP contribution in [0.25, 0.3) is 0 Å². The number of ether oxygens (including phenoxy) is 1. The van der Waals surface area contributed by atoms with Crippen LogP contribution in [0.3, 0.4) is 0 Å². The van der Waals surface area contributed by atoms with Crippen molar-refractivity contribution in [1.29, 1.82) is 0 Å². The van der Waals surface area contributed by atoms with E-state index in [9.17, 15) is 14.0 Å². The van der Waals surface area contributed by atoms with Crippen molar-refractivity contribution in [2.45, 2.75) is 70.9 Å². The molecule has 6 heteroatoms. The molecular formula is C20H29FN2O3. The van der Waals surface area contributed by atoms with Gasteiger partial charge in [0.25, 0.3) is 0 Å². The van der Waals surface area contributed by atoms with Gasteiger partial charge in [0.2, 0.25) is 5.91 Å². The van der Waals surface area contributed by atoms with E-state index in [1.807, 2.05) is 27.7 Å². The molecule has 5 nitrogen and oxygen atoms in total. The molecule has 1 aliphatic carbocycles. The van der Waals surface area contributed by atoms with Crippen molar-refractivity contribution in [3.05, 3.63) is 30.1 Å². The lowest BCUT2D eigenvalue weighted by Crippen LogP contribution is -2.54. The van der Waals surface area contributed by atoms with Gasteiger partial charge in [-0.2, -0.15) is 0 Å². The summed E-state index contributed by atoms with van der Waals surface area (Å²) in [7, 11) is 0. The first-order valence-electron chi connectivity index (χ1n) is 9.16. The number of carbonyl (C=O) groups excluding carboxylic acids is 2. The van der Waals surface area contributed by atoms with Crippen LogP contribution in [0.5, 0.6) is 0 Å². The van der Waals surface area contributed by atoms with Crippen molar-refractivity contribution in [2.24, 2.45) is 5.92 Å². The Labute approximate surface area is 154 Å². The lowest BCUT2D eigenvalue weighted by Gasteiger charge is -2.43. The number of amides is 2. The zero-order valence-electron chi connectivity index (χ0n) is 16.0. The van der Waals surface area contributed by atoms with E-state index in [1.165, 1.54) is 24.3 Å². The third-order valence-corrected chi connectivity index (χ3v) is 4.69. The summed E-state index contributed by atoms with van der Waals surface area (Å²) in [6.45, 7) is 7.37. The van der Waals surface area contributed by atoms with Crippen molar-refractivity contribution in [3.8, 4) is 0 Å². The van der Waals surface area contributed by atoms with Crippen LogP contribution in [0.1, 0.15) is 59.8 Å². The van der Waals surface area contributed by atoms with Crippen LogP contribution in [0.2, 0.25) is 0 Å². The van der Waals surface area contributed by atoms with Crippen LogP contribution in [-0.4, -0.2) is 23.1 Å². The predicted molar refractivity (Wildman–Crippen MR) is 99.4 cm³/mol. The monoisotopic (exact) mass is 364 g/mol. The first kappa shape index (κ1) is 20.2. The largest absolute Gasteiger partial charge is 0.444 e. The topological polar surface area (TPSA) is 67.4 Å². The average Bonchev–Trinajstić information content (AvgIpc) is 2.49. The average molecular weight is 364 g/mol. The molecule has 1 aromatic rings. The summed E-state index contributed by atoms with van der Waals surface area (Å²) in [5.74, 6) is -0.655. The van der Waals surface area contributed by atoms with E-state index < -0.39 is 11.7 Å². The lowest BCUT2D eigenvalue weighted by molar-refractivity contribution is -0.119. The second-order valence-corrected chi connectivity index (χ2v) is 8.20. The number of alkyl carbamates (subject to hydrolysis) is 1. The third kappa shape index (κ3) is 6.00. The summed E-state index contributed by atoms with van der Waals surface area (Å²) in [5, 5.41) is 5.80. The highest BCUT2D eigenvalue weighted by Crippen LogP contribution is 2.37.